The Hall–Kier alpha value is -5.64. The summed E-state index contributed by atoms with van der Waals surface area (Å²) in [7, 11) is 0. The summed E-state index contributed by atoms with van der Waals surface area (Å²) in [5.41, 5.74) is -1.82. The smallest absolute Gasteiger partial charge is 0.392 e. The molecule has 0 saturated heterocycles. The first-order chi connectivity index (χ1) is 21.3. The molecule has 1 aliphatic heterocycles. The van der Waals surface area contributed by atoms with Crippen molar-refractivity contribution < 1.29 is 44.7 Å². The van der Waals surface area contributed by atoms with Gasteiger partial charge in [0.15, 0.2) is 11.5 Å². The largest absolute Gasteiger partial charge is 0.484 e. The third-order valence-electron chi connectivity index (χ3n) is 5.68. The van der Waals surface area contributed by atoms with E-state index in [1.807, 2.05) is 0 Å². The van der Waals surface area contributed by atoms with E-state index in [1.165, 1.54) is 36.4 Å². The molecule has 0 aliphatic carbocycles. The molecule has 0 fully saturated rings. The second-order valence-corrected chi connectivity index (χ2v) is 10.1. The molecule has 0 atom stereocenters. The normalized spacial score (nSPS) is 14.4. The van der Waals surface area contributed by atoms with Gasteiger partial charge in [-0.3, -0.25) is 0 Å². The number of fused-ring (bicyclic) bond motifs is 1. The van der Waals surface area contributed by atoms with Crippen LogP contribution in [0.15, 0.2) is 67.8 Å². The van der Waals surface area contributed by atoms with Gasteiger partial charge in [-0.15, -0.1) is 11.3 Å². The molecule has 45 heavy (non-hydrogen) atoms. The number of nitriles is 2. The molecule has 4 rings (SSSR count). The number of allylic oxidation sites excluding steroid dienone is 6. The molecule has 0 bridgehead atoms. The third kappa shape index (κ3) is 8.47. The summed E-state index contributed by atoms with van der Waals surface area (Å²) in [4.78, 5) is 6.56. The fourth-order valence-electron chi connectivity index (χ4n) is 4.03. The zero-order chi connectivity index (χ0) is 32.8. The summed E-state index contributed by atoms with van der Waals surface area (Å²) < 4.78 is 102. The van der Waals surface area contributed by atoms with Gasteiger partial charge in [0, 0.05) is 0 Å². The minimum Gasteiger partial charge on any atom is -0.484 e. The minimum atomic E-state index is -4.62. The number of nitrogens with zero attached hydrogens (tertiary/aromatic N) is 4. The molecule has 1 aliphatic rings. The van der Waals surface area contributed by atoms with Crippen LogP contribution >= 0.6 is 11.3 Å². The van der Waals surface area contributed by atoms with Crippen molar-refractivity contribution in [2.45, 2.75) is 25.2 Å². The molecule has 15 heteroatoms. The van der Waals surface area contributed by atoms with Gasteiger partial charge in [0.05, 0.1) is 38.1 Å². The molecule has 0 N–H and O–H groups in total. The molecule has 8 nitrogen and oxygen atoms in total. The lowest BCUT2D eigenvalue weighted by Gasteiger charge is -2.16. The Bertz CT molecular complexity index is 1730. The van der Waals surface area contributed by atoms with Gasteiger partial charge < -0.3 is 18.3 Å². The molecule has 0 spiro atoms. The first-order valence-corrected chi connectivity index (χ1v) is 13.3. The number of ether oxygens (including phenoxy) is 2. The van der Waals surface area contributed by atoms with Crippen molar-refractivity contribution in [3.05, 3.63) is 93.3 Å². The van der Waals surface area contributed by atoms with Crippen molar-refractivity contribution in [3.8, 4) is 44.9 Å². The zero-order valence-electron chi connectivity index (χ0n) is 22.5. The van der Waals surface area contributed by atoms with Crippen molar-refractivity contribution in [2.75, 3.05) is 13.2 Å². The molecule has 3 aromatic heterocycles. The molecule has 0 radical (unpaired) electrons. The van der Waals surface area contributed by atoms with Crippen molar-refractivity contribution >= 4 is 23.5 Å². The Labute approximate surface area is 255 Å². The Kier molecular flexibility index (Phi) is 9.57. The fraction of sp³-hybridized carbons (Fsp3) is 0.200. The SMILES string of the molecule is [C-]#[N+]/C(C#N)=C\C(=C/c1ccc(-c2sc(-c3ccc(/C=C(\C=C(/C#N)[N+]#[C-])CC(F)(F)F)o3)c3c2OCCO3)o1)CC(F)(F)F. The number of rotatable bonds is 8. The van der Waals surface area contributed by atoms with Gasteiger partial charge in [-0.25, -0.2) is 20.2 Å². The van der Waals surface area contributed by atoms with E-state index in [0.717, 1.165) is 35.6 Å². The van der Waals surface area contributed by atoms with Crippen molar-refractivity contribution in [1.29, 1.82) is 10.5 Å². The van der Waals surface area contributed by atoms with Crippen LogP contribution in [-0.4, -0.2) is 25.6 Å². The average molecular weight is 643 g/mol. The van der Waals surface area contributed by atoms with E-state index >= 15 is 0 Å². The highest BCUT2D eigenvalue weighted by molar-refractivity contribution is 7.19. The number of halogens is 6. The number of hydrogen-bond donors (Lipinski definition) is 0. The highest BCUT2D eigenvalue weighted by Crippen LogP contribution is 2.54. The molecular weight excluding hydrogens is 626 g/mol. The van der Waals surface area contributed by atoms with E-state index in [0.29, 0.717) is 9.75 Å². The standard InChI is InChI=1S/C30H16F6N4O4S/c1-39-19(15-37)9-17(13-29(31,32)33)11-21-3-5-23(43-21)27-25-26(42-8-7-41-25)28(45-27)24-6-4-22(44-24)12-18(14-30(34,35)36)10-20(16-38)40-2/h3-6,9-12H,7-8,13-14H2/b17-11+,18-12+,19-9-,20-10+. The maximum Gasteiger partial charge on any atom is 0.392 e. The highest BCUT2D eigenvalue weighted by atomic mass is 32.1. The number of hydrogen-bond acceptors (Lipinski definition) is 7. The molecule has 0 unspecified atom stereocenters. The third-order valence-corrected chi connectivity index (χ3v) is 6.86. The van der Waals surface area contributed by atoms with Gasteiger partial charge in [0.2, 0.25) is 0 Å². The highest BCUT2D eigenvalue weighted by Gasteiger charge is 2.31. The van der Waals surface area contributed by atoms with Gasteiger partial charge in [0.25, 0.3) is 11.4 Å². The monoisotopic (exact) mass is 642 g/mol. The second-order valence-electron chi connectivity index (χ2n) is 9.05. The van der Waals surface area contributed by atoms with Crippen LogP contribution in [0.25, 0.3) is 43.1 Å². The van der Waals surface area contributed by atoms with Crippen LogP contribution in [0, 0.1) is 35.8 Å². The first-order valence-electron chi connectivity index (χ1n) is 12.5. The zero-order valence-corrected chi connectivity index (χ0v) is 23.4. The van der Waals surface area contributed by atoms with Crippen LogP contribution in [0.5, 0.6) is 11.5 Å². The lowest BCUT2D eigenvalue weighted by molar-refractivity contribution is -0.127. The molecule has 0 aromatic carbocycles. The predicted molar refractivity (Wildman–Crippen MR) is 149 cm³/mol. The van der Waals surface area contributed by atoms with Gasteiger partial charge >= 0.3 is 12.4 Å². The summed E-state index contributed by atoms with van der Waals surface area (Å²) in [5, 5.41) is 18.0. The second kappa shape index (κ2) is 13.3. The van der Waals surface area contributed by atoms with Crippen LogP contribution in [0.1, 0.15) is 24.4 Å². The lowest BCUT2D eigenvalue weighted by Crippen LogP contribution is -2.14. The molecule has 0 saturated carbocycles. The lowest BCUT2D eigenvalue weighted by atomic mass is 10.1. The molecule has 4 heterocycles. The van der Waals surface area contributed by atoms with Crippen LogP contribution in [0.3, 0.4) is 0 Å². The van der Waals surface area contributed by atoms with Gasteiger partial charge in [-0.05, 0) is 59.7 Å². The van der Waals surface area contributed by atoms with Crippen molar-refractivity contribution in [3.63, 3.8) is 0 Å². The number of furan rings is 2. The van der Waals surface area contributed by atoms with Gasteiger partial charge in [-0.1, -0.05) is 0 Å². The summed E-state index contributed by atoms with van der Waals surface area (Å²) in [6, 6.07) is 8.78. The number of alkyl halides is 6. The Morgan fingerprint density at radius 2 is 1.16 bits per heavy atom. The van der Waals surface area contributed by atoms with Crippen molar-refractivity contribution in [1.82, 2.24) is 0 Å². The van der Waals surface area contributed by atoms with E-state index in [1.54, 1.807) is 0 Å². The van der Waals surface area contributed by atoms with E-state index < -0.39 is 36.6 Å². The molecular formula is C30H16F6N4O4S. The minimum absolute atomic E-state index is 0.00461. The summed E-state index contributed by atoms with van der Waals surface area (Å²) >= 11 is 1.07. The quantitative estimate of drug-likeness (QED) is 0.105. The topological polar surface area (TPSA) is 101 Å². The maximum atomic E-state index is 13.1. The predicted octanol–water partition coefficient (Wildman–Crippen LogP) is 9.36. The molecule has 3 aromatic rings. The van der Waals surface area contributed by atoms with Crippen LogP contribution in [0.4, 0.5) is 26.3 Å². The van der Waals surface area contributed by atoms with Crippen LogP contribution < -0.4 is 9.47 Å². The van der Waals surface area contributed by atoms with Crippen LogP contribution in [-0.2, 0) is 0 Å². The number of thiophene rings is 1. The Morgan fingerprint density at radius 1 is 0.756 bits per heavy atom. The summed E-state index contributed by atoms with van der Waals surface area (Å²) in [6.45, 7) is 14.2. The first kappa shape index (κ1) is 32.3. The molecule has 228 valence electrons. The Balaban J connectivity index is 1.73. The molecule has 0 amide bonds. The van der Waals surface area contributed by atoms with Gasteiger partial charge in [0.1, 0.15) is 46.0 Å². The maximum absolute atomic E-state index is 13.1. The van der Waals surface area contributed by atoms with E-state index in [9.17, 15) is 26.3 Å². The van der Waals surface area contributed by atoms with E-state index in [4.69, 9.17) is 42.0 Å². The van der Waals surface area contributed by atoms with E-state index in [2.05, 4.69) is 9.69 Å². The summed E-state index contributed by atoms with van der Waals surface area (Å²) in [5.74, 6) is 0.878. The summed E-state index contributed by atoms with van der Waals surface area (Å²) in [6.07, 6.45) is -8.30. The fourth-order valence-corrected chi connectivity index (χ4v) is 5.14. The van der Waals surface area contributed by atoms with E-state index in [-0.39, 0.29) is 58.9 Å². The van der Waals surface area contributed by atoms with Crippen LogP contribution in [0.2, 0.25) is 0 Å². The van der Waals surface area contributed by atoms with Crippen molar-refractivity contribution in [2.24, 2.45) is 0 Å². The average Bonchev–Trinajstić information content (AvgIpc) is 3.71. The van der Waals surface area contributed by atoms with Gasteiger partial charge in [-0.2, -0.15) is 26.3 Å². The Morgan fingerprint density at radius 3 is 1.49 bits per heavy atom.